The molecule has 3 rings (SSSR count). The molecule has 0 aliphatic heterocycles. The van der Waals surface area contributed by atoms with Crippen LogP contribution in [0.4, 0.5) is 0 Å². The van der Waals surface area contributed by atoms with Crippen LogP contribution in [0.15, 0.2) is 48.5 Å². The van der Waals surface area contributed by atoms with Gasteiger partial charge in [-0.25, -0.2) is 4.98 Å². The van der Waals surface area contributed by atoms with Crippen molar-refractivity contribution in [1.82, 2.24) is 4.98 Å². The van der Waals surface area contributed by atoms with E-state index in [1.54, 1.807) is 0 Å². The molecule has 1 aromatic heterocycles. The van der Waals surface area contributed by atoms with E-state index in [9.17, 15) is 0 Å². The quantitative estimate of drug-likeness (QED) is 0.260. The van der Waals surface area contributed by atoms with Crippen LogP contribution in [-0.2, 0) is 0 Å². The van der Waals surface area contributed by atoms with Crippen LogP contribution in [0.2, 0.25) is 0 Å². The summed E-state index contributed by atoms with van der Waals surface area (Å²) in [6.45, 7) is 2.28. The monoisotopic (exact) mass is 418 g/mol. The summed E-state index contributed by atoms with van der Waals surface area (Å²) in [5.41, 5.74) is 3.10. The lowest BCUT2D eigenvalue weighted by molar-refractivity contribution is 0.540. The summed E-state index contributed by atoms with van der Waals surface area (Å²) < 4.78 is 1.26. The van der Waals surface area contributed by atoms with E-state index < -0.39 is 0 Å². The van der Waals surface area contributed by atoms with E-state index in [4.69, 9.17) is 10.2 Å². The molecule has 0 bridgehead atoms. The van der Waals surface area contributed by atoms with Gasteiger partial charge in [0.15, 0.2) is 0 Å². The maximum absolute atomic E-state index is 9.12. The van der Waals surface area contributed by atoms with Gasteiger partial charge in [0.25, 0.3) is 0 Å². The molecular formula is C27H34N2S. The molecule has 3 heteroatoms. The van der Waals surface area contributed by atoms with E-state index in [-0.39, 0.29) is 0 Å². The van der Waals surface area contributed by atoms with Gasteiger partial charge in [0, 0.05) is 5.92 Å². The van der Waals surface area contributed by atoms with Crippen molar-refractivity contribution in [3.05, 3.63) is 64.7 Å². The Labute approximate surface area is 186 Å². The molecule has 3 aromatic rings. The molecule has 1 unspecified atom stereocenters. The largest absolute Gasteiger partial charge is 0.241 e. The van der Waals surface area contributed by atoms with Crippen LogP contribution in [0.25, 0.3) is 10.2 Å². The highest BCUT2D eigenvalue weighted by Gasteiger charge is 2.18. The Morgan fingerprint density at radius 2 is 1.47 bits per heavy atom. The summed E-state index contributed by atoms with van der Waals surface area (Å²) in [7, 11) is 0. The fourth-order valence-corrected chi connectivity index (χ4v) is 5.23. The fraction of sp³-hybridized carbons (Fsp3) is 0.481. The highest BCUT2D eigenvalue weighted by molar-refractivity contribution is 7.18. The van der Waals surface area contributed by atoms with Crippen molar-refractivity contribution in [3.63, 3.8) is 0 Å². The maximum Gasteiger partial charge on any atom is 0.101 e. The molecule has 2 nitrogen and oxygen atoms in total. The zero-order chi connectivity index (χ0) is 21.0. The highest BCUT2D eigenvalue weighted by atomic mass is 32.1. The van der Waals surface area contributed by atoms with Crippen molar-refractivity contribution >= 4 is 21.6 Å². The third-order valence-corrected chi connectivity index (χ3v) is 7.05. The predicted octanol–water partition coefficient (Wildman–Crippen LogP) is 8.61. The van der Waals surface area contributed by atoms with Gasteiger partial charge in [-0.05, 0) is 36.2 Å². The third kappa shape index (κ3) is 6.67. The highest BCUT2D eigenvalue weighted by Crippen LogP contribution is 2.35. The fourth-order valence-electron chi connectivity index (χ4n) is 4.10. The minimum absolute atomic E-state index is 0.323. The Morgan fingerprint density at radius 3 is 2.10 bits per heavy atom. The Kier molecular flexibility index (Phi) is 9.38. The van der Waals surface area contributed by atoms with Crippen molar-refractivity contribution in [3.8, 4) is 6.07 Å². The van der Waals surface area contributed by atoms with Crippen molar-refractivity contribution in [1.29, 1.82) is 5.26 Å². The molecule has 1 atom stereocenters. The molecule has 0 saturated heterocycles. The lowest BCUT2D eigenvalue weighted by Gasteiger charge is -2.15. The molecule has 0 aliphatic rings. The summed E-state index contributed by atoms with van der Waals surface area (Å²) in [6, 6.07) is 18.7. The van der Waals surface area contributed by atoms with Crippen molar-refractivity contribution in [2.45, 2.75) is 83.5 Å². The molecule has 158 valence electrons. The SMILES string of the molecule is CCCCCCCCCCCCC(c1ccc(C#N)cc1)c1nc2ccccc2s1. The van der Waals surface area contributed by atoms with E-state index in [0.717, 1.165) is 17.5 Å². The lowest BCUT2D eigenvalue weighted by atomic mass is 9.92. The second-order valence-electron chi connectivity index (χ2n) is 8.28. The number of unbranched alkanes of at least 4 members (excludes halogenated alkanes) is 9. The number of rotatable bonds is 13. The number of nitriles is 1. The number of benzene rings is 2. The lowest BCUT2D eigenvalue weighted by Crippen LogP contribution is -2.01. The molecule has 0 spiro atoms. The van der Waals surface area contributed by atoms with Gasteiger partial charge >= 0.3 is 0 Å². The first-order valence-electron chi connectivity index (χ1n) is 11.7. The minimum atomic E-state index is 0.323. The first-order chi connectivity index (χ1) is 14.8. The molecule has 0 N–H and O–H groups in total. The van der Waals surface area contributed by atoms with E-state index in [1.807, 2.05) is 23.5 Å². The zero-order valence-electron chi connectivity index (χ0n) is 18.3. The second-order valence-corrected chi connectivity index (χ2v) is 9.34. The van der Waals surface area contributed by atoms with Crippen molar-refractivity contribution in [2.75, 3.05) is 0 Å². The van der Waals surface area contributed by atoms with E-state index in [2.05, 4.69) is 49.4 Å². The zero-order valence-corrected chi connectivity index (χ0v) is 19.1. The molecule has 30 heavy (non-hydrogen) atoms. The molecule has 0 radical (unpaired) electrons. The average molecular weight is 419 g/mol. The Bertz CT molecular complexity index is 887. The van der Waals surface area contributed by atoms with E-state index in [0.29, 0.717) is 5.92 Å². The number of aromatic nitrogens is 1. The van der Waals surface area contributed by atoms with E-state index in [1.165, 1.54) is 79.5 Å². The van der Waals surface area contributed by atoms with Crippen LogP contribution < -0.4 is 0 Å². The Balaban J connectivity index is 1.55. The first kappa shape index (κ1) is 22.5. The molecule has 0 fully saturated rings. The van der Waals surface area contributed by atoms with Crippen LogP contribution in [0.5, 0.6) is 0 Å². The number of nitrogens with zero attached hydrogens (tertiary/aromatic N) is 2. The Hall–Kier alpha value is -2.18. The summed E-state index contributed by atoms with van der Waals surface area (Å²) in [5.74, 6) is 0.323. The average Bonchev–Trinajstić information content (AvgIpc) is 3.21. The summed E-state index contributed by atoms with van der Waals surface area (Å²) in [5, 5.41) is 10.3. The van der Waals surface area contributed by atoms with Crippen LogP contribution >= 0.6 is 11.3 Å². The summed E-state index contributed by atoms with van der Waals surface area (Å²) in [6.07, 6.45) is 14.7. The van der Waals surface area contributed by atoms with Gasteiger partial charge in [-0.2, -0.15) is 5.26 Å². The van der Waals surface area contributed by atoms with Gasteiger partial charge < -0.3 is 0 Å². The number of para-hydroxylation sites is 1. The van der Waals surface area contributed by atoms with Crippen LogP contribution in [0.3, 0.4) is 0 Å². The second kappa shape index (κ2) is 12.5. The summed E-state index contributed by atoms with van der Waals surface area (Å²) in [4.78, 5) is 4.95. The topological polar surface area (TPSA) is 36.7 Å². The van der Waals surface area contributed by atoms with Crippen LogP contribution in [-0.4, -0.2) is 4.98 Å². The standard InChI is InChI=1S/C27H34N2S/c1-2-3-4-5-6-7-8-9-10-11-14-24(23-19-17-22(21-28)18-20-23)27-29-25-15-12-13-16-26(25)30-27/h12-13,15-20,24H,2-11,14H2,1H3. The van der Waals surface area contributed by atoms with Gasteiger partial charge in [0.05, 0.1) is 21.8 Å². The smallest absolute Gasteiger partial charge is 0.101 e. The molecular weight excluding hydrogens is 384 g/mol. The maximum atomic E-state index is 9.12. The summed E-state index contributed by atoms with van der Waals surface area (Å²) >= 11 is 1.82. The van der Waals surface area contributed by atoms with Gasteiger partial charge in [0.2, 0.25) is 0 Å². The molecule has 2 aromatic carbocycles. The van der Waals surface area contributed by atoms with Crippen molar-refractivity contribution < 1.29 is 0 Å². The molecule has 1 heterocycles. The number of thiazole rings is 1. The number of fused-ring (bicyclic) bond motifs is 1. The number of hydrogen-bond donors (Lipinski definition) is 0. The van der Waals surface area contributed by atoms with E-state index >= 15 is 0 Å². The number of hydrogen-bond acceptors (Lipinski definition) is 3. The van der Waals surface area contributed by atoms with Gasteiger partial charge in [-0.3, -0.25) is 0 Å². The van der Waals surface area contributed by atoms with Gasteiger partial charge in [-0.15, -0.1) is 11.3 Å². The first-order valence-corrected chi connectivity index (χ1v) is 12.5. The predicted molar refractivity (Wildman–Crippen MR) is 129 cm³/mol. The molecule has 0 amide bonds. The van der Waals surface area contributed by atoms with Crippen LogP contribution in [0.1, 0.15) is 99.6 Å². The van der Waals surface area contributed by atoms with Gasteiger partial charge in [0.1, 0.15) is 5.01 Å². The third-order valence-electron chi connectivity index (χ3n) is 5.90. The van der Waals surface area contributed by atoms with Crippen LogP contribution in [0, 0.1) is 11.3 Å². The van der Waals surface area contributed by atoms with Crippen molar-refractivity contribution in [2.24, 2.45) is 0 Å². The molecule has 0 saturated carbocycles. The minimum Gasteiger partial charge on any atom is -0.241 e. The Morgan fingerprint density at radius 1 is 0.833 bits per heavy atom. The molecule has 0 aliphatic carbocycles. The van der Waals surface area contributed by atoms with Gasteiger partial charge in [-0.1, -0.05) is 95.4 Å². The normalized spacial score (nSPS) is 12.1.